The summed E-state index contributed by atoms with van der Waals surface area (Å²) in [5, 5.41) is 3.49. The van der Waals surface area contributed by atoms with Crippen molar-refractivity contribution in [3.05, 3.63) is 59.7 Å². The van der Waals surface area contributed by atoms with Crippen LogP contribution in [-0.4, -0.2) is 13.1 Å². The molecule has 98 valence electrons. The van der Waals surface area contributed by atoms with Crippen molar-refractivity contribution in [1.82, 2.24) is 5.32 Å². The van der Waals surface area contributed by atoms with Crippen molar-refractivity contribution in [1.29, 1.82) is 0 Å². The normalized spacial score (nSPS) is 13.9. The summed E-state index contributed by atoms with van der Waals surface area (Å²) in [6, 6.07) is 17.3. The van der Waals surface area contributed by atoms with Crippen LogP contribution in [0.4, 0.5) is 11.4 Å². The molecule has 2 aromatic carbocycles. The molecule has 2 aromatic rings. The quantitative estimate of drug-likeness (QED) is 0.899. The summed E-state index contributed by atoms with van der Waals surface area (Å²) in [6.07, 6.45) is 1.13. The summed E-state index contributed by atoms with van der Waals surface area (Å²) in [5.41, 5.74) is 5.56. The minimum atomic E-state index is 0.981. The van der Waals surface area contributed by atoms with E-state index in [0.717, 1.165) is 26.1 Å². The molecule has 2 nitrogen and oxygen atoms in total. The van der Waals surface area contributed by atoms with Crippen LogP contribution in [0.25, 0.3) is 0 Å². The van der Waals surface area contributed by atoms with Crippen molar-refractivity contribution in [2.24, 2.45) is 0 Å². The second-order valence-electron chi connectivity index (χ2n) is 4.92. The highest BCUT2D eigenvalue weighted by Gasteiger charge is 2.16. The summed E-state index contributed by atoms with van der Waals surface area (Å²) in [4.78, 5) is 2.39. The Balaban J connectivity index is 2.05. The molecule has 0 atom stereocenters. The molecule has 1 aliphatic heterocycles. The van der Waals surface area contributed by atoms with E-state index in [0.29, 0.717) is 0 Å². The molecule has 1 N–H and O–H groups in total. The fraction of sp³-hybridized carbons (Fsp3) is 0.294. The van der Waals surface area contributed by atoms with E-state index in [1.54, 1.807) is 0 Å². The summed E-state index contributed by atoms with van der Waals surface area (Å²) in [6.45, 7) is 5.27. The van der Waals surface area contributed by atoms with Gasteiger partial charge in [-0.15, -0.1) is 0 Å². The Hall–Kier alpha value is -1.80. The van der Waals surface area contributed by atoms with Gasteiger partial charge < -0.3 is 10.2 Å². The molecule has 0 saturated heterocycles. The lowest BCUT2D eigenvalue weighted by Crippen LogP contribution is -2.27. The van der Waals surface area contributed by atoms with Gasteiger partial charge >= 0.3 is 0 Å². The highest BCUT2D eigenvalue weighted by atomic mass is 15.1. The van der Waals surface area contributed by atoms with Crippen LogP contribution in [0.2, 0.25) is 0 Å². The third-order valence-electron chi connectivity index (χ3n) is 3.80. The van der Waals surface area contributed by atoms with Crippen LogP contribution >= 0.6 is 0 Å². The minimum Gasteiger partial charge on any atom is -0.341 e. The van der Waals surface area contributed by atoms with E-state index in [2.05, 4.69) is 65.7 Å². The van der Waals surface area contributed by atoms with E-state index in [1.165, 1.54) is 22.5 Å². The number of hydrogen-bond donors (Lipinski definition) is 1. The zero-order chi connectivity index (χ0) is 13.1. The van der Waals surface area contributed by atoms with Gasteiger partial charge in [0.2, 0.25) is 0 Å². The largest absolute Gasteiger partial charge is 0.341 e. The Morgan fingerprint density at radius 1 is 1.05 bits per heavy atom. The molecule has 0 saturated carbocycles. The molecule has 1 heterocycles. The lowest BCUT2D eigenvalue weighted by Gasteiger charge is -2.29. The molecular formula is C17H20N2. The first kappa shape index (κ1) is 12.2. The standard InChI is InChI=1S/C17H20N2/c1-2-19(15-8-4-3-5-9-15)17-10-6-7-14-11-12-18-13-16(14)17/h3-10,18H,2,11-13H2,1H3. The van der Waals surface area contributed by atoms with Gasteiger partial charge in [-0.05, 0) is 49.2 Å². The monoisotopic (exact) mass is 252 g/mol. The second-order valence-corrected chi connectivity index (χ2v) is 4.92. The summed E-state index contributed by atoms with van der Waals surface area (Å²) in [5.74, 6) is 0. The average Bonchev–Trinajstić information content (AvgIpc) is 2.49. The predicted octanol–water partition coefficient (Wildman–Crippen LogP) is 3.49. The fourth-order valence-corrected chi connectivity index (χ4v) is 2.85. The summed E-state index contributed by atoms with van der Waals surface area (Å²) < 4.78 is 0. The van der Waals surface area contributed by atoms with Gasteiger partial charge in [-0.2, -0.15) is 0 Å². The maximum absolute atomic E-state index is 3.49. The maximum Gasteiger partial charge on any atom is 0.0459 e. The number of para-hydroxylation sites is 1. The molecule has 0 radical (unpaired) electrons. The van der Waals surface area contributed by atoms with Crippen LogP contribution < -0.4 is 10.2 Å². The van der Waals surface area contributed by atoms with E-state index in [4.69, 9.17) is 0 Å². The number of rotatable bonds is 3. The highest BCUT2D eigenvalue weighted by Crippen LogP contribution is 2.31. The Morgan fingerprint density at radius 3 is 2.68 bits per heavy atom. The van der Waals surface area contributed by atoms with Crippen LogP contribution in [-0.2, 0) is 13.0 Å². The third-order valence-corrected chi connectivity index (χ3v) is 3.80. The smallest absolute Gasteiger partial charge is 0.0459 e. The van der Waals surface area contributed by atoms with Gasteiger partial charge in [-0.3, -0.25) is 0 Å². The van der Waals surface area contributed by atoms with Gasteiger partial charge in [0.1, 0.15) is 0 Å². The lowest BCUT2D eigenvalue weighted by molar-refractivity contribution is 0.643. The molecule has 0 unspecified atom stereocenters. The van der Waals surface area contributed by atoms with Gasteiger partial charge in [-0.1, -0.05) is 30.3 Å². The topological polar surface area (TPSA) is 15.3 Å². The Labute approximate surface area is 115 Å². The molecular weight excluding hydrogens is 232 g/mol. The molecule has 19 heavy (non-hydrogen) atoms. The van der Waals surface area contributed by atoms with E-state index in [9.17, 15) is 0 Å². The van der Waals surface area contributed by atoms with E-state index < -0.39 is 0 Å². The summed E-state index contributed by atoms with van der Waals surface area (Å²) >= 11 is 0. The van der Waals surface area contributed by atoms with Crippen LogP contribution in [0, 0.1) is 0 Å². The minimum absolute atomic E-state index is 0.981. The number of nitrogens with one attached hydrogen (secondary N) is 1. The van der Waals surface area contributed by atoms with Crippen molar-refractivity contribution in [2.45, 2.75) is 19.9 Å². The molecule has 0 aliphatic carbocycles. The fourth-order valence-electron chi connectivity index (χ4n) is 2.85. The molecule has 0 aromatic heterocycles. The predicted molar refractivity (Wildman–Crippen MR) is 81.0 cm³/mol. The number of anilines is 2. The summed E-state index contributed by atoms with van der Waals surface area (Å²) in [7, 11) is 0. The molecule has 2 heteroatoms. The van der Waals surface area contributed by atoms with Crippen LogP contribution in [0.1, 0.15) is 18.1 Å². The zero-order valence-electron chi connectivity index (χ0n) is 11.4. The van der Waals surface area contributed by atoms with Crippen molar-refractivity contribution in [3.63, 3.8) is 0 Å². The second kappa shape index (κ2) is 5.45. The van der Waals surface area contributed by atoms with Crippen molar-refractivity contribution in [2.75, 3.05) is 18.0 Å². The molecule has 0 spiro atoms. The van der Waals surface area contributed by atoms with Crippen LogP contribution in [0.15, 0.2) is 48.5 Å². The van der Waals surface area contributed by atoms with Crippen molar-refractivity contribution < 1.29 is 0 Å². The Morgan fingerprint density at radius 2 is 1.89 bits per heavy atom. The van der Waals surface area contributed by atoms with Gasteiger partial charge in [0, 0.05) is 24.5 Å². The number of hydrogen-bond acceptors (Lipinski definition) is 2. The maximum atomic E-state index is 3.49. The van der Waals surface area contributed by atoms with Gasteiger partial charge in [0.15, 0.2) is 0 Å². The number of nitrogens with zero attached hydrogens (tertiary/aromatic N) is 1. The lowest BCUT2D eigenvalue weighted by atomic mass is 9.98. The van der Waals surface area contributed by atoms with E-state index in [1.807, 2.05) is 0 Å². The van der Waals surface area contributed by atoms with Crippen LogP contribution in [0.5, 0.6) is 0 Å². The van der Waals surface area contributed by atoms with Gasteiger partial charge in [0.05, 0.1) is 0 Å². The highest BCUT2D eigenvalue weighted by molar-refractivity contribution is 5.68. The molecule has 0 amide bonds. The molecule has 3 rings (SSSR count). The third kappa shape index (κ3) is 2.36. The van der Waals surface area contributed by atoms with Crippen molar-refractivity contribution >= 4 is 11.4 Å². The SMILES string of the molecule is CCN(c1ccccc1)c1cccc2c1CNCC2. The zero-order valence-corrected chi connectivity index (χ0v) is 11.4. The van der Waals surface area contributed by atoms with E-state index in [-0.39, 0.29) is 0 Å². The van der Waals surface area contributed by atoms with Crippen LogP contribution in [0.3, 0.4) is 0 Å². The molecule has 0 bridgehead atoms. The Kier molecular flexibility index (Phi) is 3.51. The van der Waals surface area contributed by atoms with E-state index >= 15 is 0 Å². The number of benzene rings is 2. The average molecular weight is 252 g/mol. The molecule has 0 fully saturated rings. The van der Waals surface area contributed by atoms with Crippen molar-refractivity contribution in [3.8, 4) is 0 Å². The first-order chi connectivity index (χ1) is 9.40. The van der Waals surface area contributed by atoms with Gasteiger partial charge in [0.25, 0.3) is 0 Å². The first-order valence-electron chi connectivity index (χ1n) is 7.04. The first-order valence-corrected chi connectivity index (χ1v) is 7.04. The number of fused-ring (bicyclic) bond motifs is 1. The van der Waals surface area contributed by atoms with Gasteiger partial charge in [-0.25, -0.2) is 0 Å². The molecule has 1 aliphatic rings. The Bertz CT molecular complexity index is 548.